The quantitative estimate of drug-likeness (QED) is 0.802. The van der Waals surface area contributed by atoms with Gasteiger partial charge in [-0.1, -0.05) is 33.8 Å². The molecule has 0 aliphatic heterocycles. The predicted octanol–water partition coefficient (Wildman–Crippen LogP) is 3.23. The van der Waals surface area contributed by atoms with E-state index in [-0.39, 0.29) is 17.6 Å². The third-order valence-corrected chi connectivity index (χ3v) is 3.55. The molecule has 0 aliphatic carbocycles. The van der Waals surface area contributed by atoms with E-state index >= 15 is 0 Å². The van der Waals surface area contributed by atoms with Crippen molar-refractivity contribution in [3.05, 3.63) is 29.3 Å². The van der Waals surface area contributed by atoms with Gasteiger partial charge in [-0.15, -0.1) is 0 Å². The second-order valence-corrected chi connectivity index (χ2v) is 5.56. The number of hydrogen-bond donors (Lipinski definition) is 1. The SMILES string of the molecule is COc1cc(C(C)C)ccc1C(=O)C(CN)C(C)C. The van der Waals surface area contributed by atoms with Crippen molar-refractivity contribution in [3.8, 4) is 5.75 Å². The normalized spacial score (nSPS) is 12.8. The second kappa shape index (κ2) is 6.71. The van der Waals surface area contributed by atoms with Crippen molar-refractivity contribution in [2.24, 2.45) is 17.6 Å². The van der Waals surface area contributed by atoms with Gasteiger partial charge in [0.2, 0.25) is 0 Å². The van der Waals surface area contributed by atoms with Crippen LogP contribution in [0.25, 0.3) is 0 Å². The maximum Gasteiger partial charge on any atom is 0.171 e. The third-order valence-electron chi connectivity index (χ3n) is 3.55. The molecule has 2 N–H and O–H groups in total. The largest absolute Gasteiger partial charge is 0.496 e. The van der Waals surface area contributed by atoms with E-state index < -0.39 is 0 Å². The van der Waals surface area contributed by atoms with Crippen LogP contribution in [0.1, 0.15) is 49.5 Å². The Hall–Kier alpha value is -1.35. The Morgan fingerprint density at radius 3 is 2.32 bits per heavy atom. The molecule has 0 heterocycles. The standard InChI is InChI=1S/C16H25NO2/c1-10(2)12-6-7-13(15(8-12)19-5)16(18)14(9-17)11(3)4/h6-8,10-11,14H,9,17H2,1-5H3. The average molecular weight is 263 g/mol. The topological polar surface area (TPSA) is 52.3 Å². The van der Waals surface area contributed by atoms with Crippen LogP contribution in [0.4, 0.5) is 0 Å². The lowest BCUT2D eigenvalue weighted by Crippen LogP contribution is -2.28. The van der Waals surface area contributed by atoms with Crippen LogP contribution in [0.5, 0.6) is 5.75 Å². The first kappa shape index (κ1) is 15.7. The van der Waals surface area contributed by atoms with Crippen molar-refractivity contribution in [2.45, 2.75) is 33.6 Å². The van der Waals surface area contributed by atoms with E-state index in [9.17, 15) is 4.79 Å². The molecule has 1 rings (SSSR count). The van der Waals surface area contributed by atoms with E-state index in [0.29, 0.717) is 23.8 Å². The number of carbonyl (C=O) groups excluding carboxylic acids is 1. The van der Waals surface area contributed by atoms with Gasteiger partial charge in [0.1, 0.15) is 5.75 Å². The molecule has 0 spiro atoms. The molecule has 1 aromatic rings. The van der Waals surface area contributed by atoms with Gasteiger partial charge in [0, 0.05) is 12.5 Å². The van der Waals surface area contributed by atoms with Crippen LogP contribution in [0.15, 0.2) is 18.2 Å². The highest BCUT2D eigenvalue weighted by Gasteiger charge is 2.24. The fraction of sp³-hybridized carbons (Fsp3) is 0.562. The lowest BCUT2D eigenvalue weighted by molar-refractivity contribution is 0.0889. The molecule has 3 nitrogen and oxygen atoms in total. The van der Waals surface area contributed by atoms with E-state index in [1.165, 1.54) is 5.56 Å². The van der Waals surface area contributed by atoms with Gasteiger partial charge in [-0.2, -0.15) is 0 Å². The van der Waals surface area contributed by atoms with Crippen molar-refractivity contribution in [1.29, 1.82) is 0 Å². The number of Topliss-reactive ketones (excluding diaryl/α,β-unsaturated/α-hetero) is 1. The van der Waals surface area contributed by atoms with Crippen LogP contribution >= 0.6 is 0 Å². The van der Waals surface area contributed by atoms with E-state index in [1.54, 1.807) is 7.11 Å². The van der Waals surface area contributed by atoms with Crippen LogP contribution in [0, 0.1) is 11.8 Å². The maximum atomic E-state index is 12.5. The summed E-state index contributed by atoms with van der Waals surface area (Å²) >= 11 is 0. The Balaban J connectivity index is 3.16. The summed E-state index contributed by atoms with van der Waals surface area (Å²) in [5.41, 5.74) is 7.52. The van der Waals surface area contributed by atoms with Gasteiger partial charge in [0.15, 0.2) is 5.78 Å². The number of ether oxygens (including phenoxy) is 1. The third kappa shape index (κ3) is 3.57. The minimum Gasteiger partial charge on any atom is -0.496 e. The van der Waals surface area contributed by atoms with Gasteiger partial charge in [0.25, 0.3) is 0 Å². The van der Waals surface area contributed by atoms with Gasteiger partial charge < -0.3 is 10.5 Å². The second-order valence-electron chi connectivity index (χ2n) is 5.56. The fourth-order valence-corrected chi connectivity index (χ4v) is 2.15. The maximum absolute atomic E-state index is 12.5. The van der Waals surface area contributed by atoms with E-state index in [4.69, 9.17) is 10.5 Å². The van der Waals surface area contributed by atoms with Gasteiger partial charge in [-0.3, -0.25) is 4.79 Å². The van der Waals surface area contributed by atoms with Crippen LogP contribution in [0.3, 0.4) is 0 Å². The molecule has 0 radical (unpaired) electrons. The number of nitrogens with two attached hydrogens (primary N) is 1. The number of rotatable bonds is 6. The first-order valence-electron chi connectivity index (χ1n) is 6.84. The van der Waals surface area contributed by atoms with Gasteiger partial charge in [0.05, 0.1) is 12.7 Å². The summed E-state index contributed by atoms with van der Waals surface area (Å²) in [5.74, 6) is 1.21. The molecular weight excluding hydrogens is 238 g/mol. The fourth-order valence-electron chi connectivity index (χ4n) is 2.15. The number of benzene rings is 1. The number of hydrogen-bond acceptors (Lipinski definition) is 3. The lowest BCUT2D eigenvalue weighted by Gasteiger charge is -2.19. The summed E-state index contributed by atoms with van der Waals surface area (Å²) in [6.07, 6.45) is 0. The minimum atomic E-state index is -0.154. The monoisotopic (exact) mass is 263 g/mol. The molecule has 1 atom stereocenters. The summed E-state index contributed by atoms with van der Waals surface area (Å²) in [5, 5.41) is 0. The molecule has 106 valence electrons. The zero-order valence-corrected chi connectivity index (χ0v) is 12.6. The van der Waals surface area contributed by atoms with Crippen molar-refractivity contribution >= 4 is 5.78 Å². The van der Waals surface area contributed by atoms with Crippen molar-refractivity contribution in [1.82, 2.24) is 0 Å². The highest BCUT2D eigenvalue weighted by Crippen LogP contribution is 2.28. The number of carbonyl (C=O) groups is 1. The van der Waals surface area contributed by atoms with E-state index in [1.807, 2.05) is 32.0 Å². The van der Waals surface area contributed by atoms with Crippen LogP contribution < -0.4 is 10.5 Å². The highest BCUT2D eigenvalue weighted by molar-refractivity contribution is 6.00. The summed E-state index contributed by atoms with van der Waals surface area (Å²) in [6, 6.07) is 5.81. The molecule has 0 aliphatic rings. The Morgan fingerprint density at radius 1 is 1.26 bits per heavy atom. The summed E-state index contributed by atoms with van der Waals surface area (Å²) in [6.45, 7) is 8.64. The molecule has 0 saturated carbocycles. The molecule has 1 unspecified atom stereocenters. The van der Waals surface area contributed by atoms with Gasteiger partial charge in [-0.05, 0) is 29.5 Å². The van der Waals surface area contributed by atoms with Gasteiger partial charge >= 0.3 is 0 Å². The smallest absolute Gasteiger partial charge is 0.171 e. The highest BCUT2D eigenvalue weighted by atomic mass is 16.5. The average Bonchev–Trinajstić information content (AvgIpc) is 2.37. The molecule has 3 heteroatoms. The molecule has 0 amide bonds. The molecule has 1 aromatic carbocycles. The lowest BCUT2D eigenvalue weighted by atomic mass is 9.87. The Morgan fingerprint density at radius 2 is 1.89 bits per heavy atom. The summed E-state index contributed by atoms with van der Waals surface area (Å²) in [4.78, 5) is 12.5. The van der Waals surface area contributed by atoms with Crippen LogP contribution in [-0.4, -0.2) is 19.4 Å². The van der Waals surface area contributed by atoms with Crippen molar-refractivity contribution in [3.63, 3.8) is 0 Å². The van der Waals surface area contributed by atoms with Crippen LogP contribution in [-0.2, 0) is 0 Å². The molecule has 0 bridgehead atoms. The van der Waals surface area contributed by atoms with Gasteiger partial charge in [-0.25, -0.2) is 0 Å². The number of methoxy groups -OCH3 is 1. The van der Waals surface area contributed by atoms with E-state index in [2.05, 4.69) is 13.8 Å². The zero-order chi connectivity index (χ0) is 14.6. The first-order valence-corrected chi connectivity index (χ1v) is 6.84. The molecule has 19 heavy (non-hydrogen) atoms. The Labute approximate surface area is 116 Å². The Kier molecular flexibility index (Phi) is 5.55. The Bertz CT molecular complexity index is 438. The summed E-state index contributed by atoms with van der Waals surface area (Å²) in [7, 11) is 1.60. The van der Waals surface area contributed by atoms with E-state index in [0.717, 1.165) is 0 Å². The minimum absolute atomic E-state index is 0.0738. The van der Waals surface area contributed by atoms with Crippen molar-refractivity contribution in [2.75, 3.05) is 13.7 Å². The first-order chi connectivity index (χ1) is 8.92. The number of ketones is 1. The zero-order valence-electron chi connectivity index (χ0n) is 12.6. The summed E-state index contributed by atoms with van der Waals surface area (Å²) < 4.78 is 5.37. The molecule has 0 fully saturated rings. The molecular formula is C16H25NO2. The predicted molar refractivity (Wildman–Crippen MR) is 78.8 cm³/mol. The van der Waals surface area contributed by atoms with Crippen LogP contribution in [0.2, 0.25) is 0 Å². The molecule has 0 aromatic heterocycles. The molecule has 0 saturated heterocycles. The van der Waals surface area contributed by atoms with Crippen molar-refractivity contribution < 1.29 is 9.53 Å².